The number of hydrogen-bond donors (Lipinski definition) is 2. The number of ether oxygens (including phenoxy) is 3. The predicted molar refractivity (Wildman–Crippen MR) is 120 cm³/mol. The highest BCUT2D eigenvalue weighted by Crippen LogP contribution is 2.22. The van der Waals surface area contributed by atoms with Gasteiger partial charge in [0, 0.05) is 12.2 Å². The van der Waals surface area contributed by atoms with Gasteiger partial charge in [0.2, 0.25) is 10.0 Å². The highest BCUT2D eigenvalue weighted by molar-refractivity contribution is 7.89. The summed E-state index contributed by atoms with van der Waals surface area (Å²) in [7, 11) is -1.24. The summed E-state index contributed by atoms with van der Waals surface area (Å²) < 4.78 is 41.8. The van der Waals surface area contributed by atoms with E-state index in [1.165, 1.54) is 50.6 Å². The molecule has 0 radical (unpaired) electrons. The zero-order chi connectivity index (χ0) is 24.6. The van der Waals surface area contributed by atoms with Crippen LogP contribution >= 0.6 is 0 Å². The predicted octanol–water partition coefficient (Wildman–Crippen LogP) is 2.27. The van der Waals surface area contributed by atoms with Crippen LogP contribution in [0.4, 0.5) is 5.69 Å². The fraction of sp³-hybridized carbons (Fsp3) is 0.318. The molecule has 2 rings (SSSR count). The van der Waals surface area contributed by atoms with Crippen molar-refractivity contribution in [3.05, 3.63) is 53.1 Å². The Balaban J connectivity index is 2.11. The molecule has 0 aliphatic carbocycles. The molecule has 0 heterocycles. The van der Waals surface area contributed by atoms with E-state index in [2.05, 4.69) is 19.5 Å². The third-order valence-corrected chi connectivity index (χ3v) is 5.88. The van der Waals surface area contributed by atoms with Gasteiger partial charge >= 0.3 is 11.9 Å². The molecule has 178 valence electrons. The van der Waals surface area contributed by atoms with Crippen molar-refractivity contribution in [3.8, 4) is 5.75 Å². The van der Waals surface area contributed by atoms with Gasteiger partial charge in [-0.15, -0.1) is 0 Å². The molecule has 0 spiro atoms. The number of sulfonamides is 1. The van der Waals surface area contributed by atoms with Gasteiger partial charge in [0.15, 0.2) is 6.61 Å². The van der Waals surface area contributed by atoms with Crippen LogP contribution in [-0.4, -0.2) is 53.6 Å². The van der Waals surface area contributed by atoms with Gasteiger partial charge in [0.05, 0.1) is 30.2 Å². The molecule has 0 aliphatic heterocycles. The van der Waals surface area contributed by atoms with Crippen molar-refractivity contribution in [1.82, 2.24) is 4.72 Å². The van der Waals surface area contributed by atoms with E-state index in [4.69, 9.17) is 4.74 Å². The molecule has 11 heteroatoms. The number of amides is 1. The highest BCUT2D eigenvalue weighted by Gasteiger charge is 2.17. The lowest BCUT2D eigenvalue weighted by Gasteiger charge is -2.12. The number of carbonyl (C=O) groups excluding carboxylic acids is 3. The summed E-state index contributed by atoms with van der Waals surface area (Å²) in [6, 6.07) is 8.30. The molecule has 2 aromatic rings. The normalized spacial score (nSPS) is 10.9. The van der Waals surface area contributed by atoms with E-state index in [0.717, 1.165) is 0 Å². The maximum atomic E-state index is 12.4. The second kappa shape index (κ2) is 11.4. The monoisotopic (exact) mass is 478 g/mol. The summed E-state index contributed by atoms with van der Waals surface area (Å²) in [4.78, 5) is 36.2. The van der Waals surface area contributed by atoms with Crippen LogP contribution in [0.5, 0.6) is 5.75 Å². The Morgan fingerprint density at radius 3 is 2.06 bits per heavy atom. The standard InChI is InChI=1S/C22H26N2O8S/c1-5-8-23-33(28,29)18-6-7-19(14(2)9-18)32-13-20(25)24-17-11-15(21(26)30-3)10-16(12-17)22(27)31-4/h6-7,9-12,23H,5,8,13H2,1-4H3,(H,24,25). The van der Waals surface area contributed by atoms with Crippen LogP contribution in [-0.2, 0) is 24.3 Å². The molecule has 0 unspecified atom stereocenters. The smallest absolute Gasteiger partial charge is 0.337 e. The summed E-state index contributed by atoms with van der Waals surface area (Å²) >= 11 is 0. The minimum absolute atomic E-state index is 0.0564. The number of anilines is 1. The zero-order valence-electron chi connectivity index (χ0n) is 18.8. The van der Waals surface area contributed by atoms with Gasteiger partial charge < -0.3 is 19.5 Å². The Labute approximate surface area is 192 Å². The van der Waals surface area contributed by atoms with Crippen molar-refractivity contribution in [2.45, 2.75) is 25.2 Å². The number of methoxy groups -OCH3 is 2. The second-order valence-electron chi connectivity index (χ2n) is 6.94. The van der Waals surface area contributed by atoms with Gasteiger partial charge in [-0.05, 0) is 55.3 Å². The minimum Gasteiger partial charge on any atom is -0.483 e. The second-order valence-corrected chi connectivity index (χ2v) is 8.71. The fourth-order valence-corrected chi connectivity index (χ4v) is 4.00. The van der Waals surface area contributed by atoms with Gasteiger partial charge in [-0.3, -0.25) is 4.79 Å². The first-order valence-electron chi connectivity index (χ1n) is 9.96. The average Bonchev–Trinajstić information content (AvgIpc) is 2.80. The van der Waals surface area contributed by atoms with E-state index in [0.29, 0.717) is 24.3 Å². The first-order valence-corrected chi connectivity index (χ1v) is 11.4. The molecule has 33 heavy (non-hydrogen) atoms. The van der Waals surface area contributed by atoms with Gasteiger partial charge in [-0.2, -0.15) is 0 Å². The molecule has 0 aliphatic rings. The average molecular weight is 479 g/mol. The number of nitrogens with one attached hydrogen (secondary N) is 2. The van der Waals surface area contributed by atoms with E-state index < -0.39 is 34.5 Å². The molecular weight excluding hydrogens is 452 g/mol. The molecular formula is C22H26N2O8S. The maximum Gasteiger partial charge on any atom is 0.337 e. The Morgan fingerprint density at radius 2 is 1.55 bits per heavy atom. The fourth-order valence-electron chi connectivity index (χ4n) is 2.78. The van der Waals surface area contributed by atoms with Crippen LogP contribution in [0.2, 0.25) is 0 Å². The Morgan fingerprint density at radius 1 is 0.939 bits per heavy atom. The van der Waals surface area contributed by atoms with Crippen LogP contribution in [0.1, 0.15) is 39.6 Å². The summed E-state index contributed by atoms with van der Waals surface area (Å²) in [5.74, 6) is -1.61. The zero-order valence-corrected chi connectivity index (χ0v) is 19.6. The molecule has 2 N–H and O–H groups in total. The third-order valence-electron chi connectivity index (χ3n) is 4.42. The van der Waals surface area contributed by atoms with E-state index >= 15 is 0 Å². The van der Waals surface area contributed by atoms with Gasteiger partial charge in [-0.25, -0.2) is 22.7 Å². The van der Waals surface area contributed by atoms with Crippen molar-refractivity contribution < 1.29 is 37.0 Å². The Bertz CT molecular complexity index is 1110. The molecule has 10 nitrogen and oxygen atoms in total. The van der Waals surface area contributed by atoms with E-state index in [9.17, 15) is 22.8 Å². The number of carbonyl (C=O) groups is 3. The van der Waals surface area contributed by atoms with Crippen molar-refractivity contribution in [2.75, 3.05) is 32.7 Å². The quantitative estimate of drug-likeness (QED) is 0.496. The Hall–Kier alpha value is -3.44. The van der Waals surface area contributed by atoms with Crippen molar-refractivity contribution in [1.29, 1.82) is 0 Å². The SMILES string of the molecule is CCCNS(=O)(=O)c1ccc(OCC(=O)Nc2cc(C(=O)OC)cc(C(=O)OC)c2)c(C)c1. The minimum atomic E-state index is -3.62. The molecule has 0 saturated heterocycles. The molecule has 1 amide bonds. The topological polar surface area (TPSA) is 137 Å². The lowest BCUT2D eigenvalue weighted by molar-refractivity contribution is -0.118. The van der Waals surface area contributed by atoms with Crippen LogP contribution in [0.3, 0.4) is 0 Å². The molecule has 2 aromatic carbocycles. The van der Waals surface area contributed by atoms with E-state index in [1.807, 2.05) is 6.92 Å². The maximum absolute atomic E-state index is 12.4. The van der Waals surface area contributed by atoms with Gasteiger partial charge in [0.25, 0.3) is 5.91 Å². The molecule has 0 saturated carbocycles. The van der Waals surface area contributed by atoms with E-state index in [1.54, 1.807) is 6.92 Å². The van der Waals surface area contributed by atoms with Crippen LogP contribution in [0, 0.1) is 6.92 Å². The molecule has 0 fully saturated rings. The number of benzene rings is 2. The number of esters is 2. The summed E-state index contributed by atoms with van der Waals surface area (Å²) in [5, 5.41) is 2.54. The number of aryl methyl sites for hydroxylation is 1. The van der Waals surface area contributed by atoms with Crippen molar-refractivity contribution in [2.24, 2.45) is 0 Å². The molecule has 0 atom stereocenters. The van der Waals surface area contributed by atoms with Crippen molar-refractivity contribution in [3.63, 3.8) is 0 Å². The van der Waals surface area contributed by atoms with Crippen LogP contribution in [0.15, 0.2) is 41.3 Å². The molecule has 0 aromatic heterocycles. The first kappa shape index (κ1) is 25.8. The van der Waals surface area contributed by atoms with Gasteiger partial charge in [0.1, 0.15) is 5.75 Å². The largest absolute Gasteiger partial charge is 0.483 e. The lowest BCUT2D eigenvalue weighted by atomic mass is 10.1. The van der Waals surface area contributed by atoms with Gasteiger partial charge in [-0.1, -0.05) is 6.92 Å². The van der Waals surface area contributed by atoms with Crippen LogP contribution in [0.25, 0.3) is 0 Å². The molecule has 0 bridgehead atoms. The number of rotatable bonds is 10. The van der Waals surface area contributed by atoms with Crippen molar-refractivity contribution >= 4 is 33.6 Å². The van der Waals surface area contributed by atoms with E-state index in [-0.39, 0.29) is 21.7 Å². The summed E-state index contributed by atoms with van der Waals surface area (Å²) in [5.41, 5.74) is 0.816. The summed E-state index contributed by atoms with van der Waals surface area (Å²) in [6.45, 7) is 3.46. The first-order chi connectivity index (χ1) is 15.6. The Kier molecular flexibility index (Phi) is 8.94. The van der Waals surface area contributed by atoms with Crippen LogP contribution < -0.4 is 14.8 Å². The lowest BCUT2D eigenvalue weighted by Crippen LogP contribution is -2.24. The summed E-state index contributed by atoms with van der Waals surface area (Å²) in [6.07, 6.45) is 0.665. The highest BCUT2D eigenvalue weighted by atomic mass is 32.2. The number of hydrogen-bond acceptors (Lipinski definition) is 8. The third kappa shape index (κ3) is 7.02.